The number of anilines is 1. The van der Waals surface area contributed by atoms with Crippen molar-refractivity contribution in [3.05, 3.63) is 28.2 Å². The zero-order chi connectivity index (χ0) is 12.3. The van der Waals surface area contributed by atoms with Gasteiger partial charge in [-0.3, -0.25) is 0 Å². The lowest BCUT2D eigenvalue weighted by atomic mass is 10.1. The van der Waals surface area contributed by atoms with Gasteiger partial charge in [0, 0.05) is 34.3 Å². The van der Waals surface area contributed by atoms with Crippen LogP contribution < -0.4 is 10.6 Å². The Labute approximate surface area is 116 Å². The van der Waals surface area contributed by atoms with Gasteiger partial charge in [-0.1, -0.05) is 22.0 Å². The molecule has 2 N–H and O–H groups in total. The fraction of sp³-hybridized carbons (Fsp3) is 0.538. The van der Waals surface area contributed by atoms with Crippen LogP contribution in [0.5, 0.6) is 0 Å². The molecular weight excluding hydrogens is 296 g/mol. The molecule has 2 rings (SSSR count). The van der Waals surface area contributed by atoms with Crippen LogP contribution in [0.1, 0.15) is 12.5 Å². The van der Waals surface area contributed by atoms with Crippen LogP contribution in [0.15, 0.2) is 22.7 Å². The van der Waals surface area contributed by atoms with Crippen LogP contribution in [0.25, 0.3) is 0 Å². The Kier molecular flexibility index (Phi) is 4.77. The Morgan fingerprint density at radius 3 is 3.06 bits per heavy atom. The van der Waals surface area contributed by atoms with E-state index in [1.165, 1.54) is 22.8 Å². The molecule has 1 saturated heterocycles. The highest BCUT2D eigenvalue weighted by molar-refractivity contribution is 9.10. The van der Waals surface area contributed by atoms with Gasteiger partial charge in [0.1, 0.15) is 0 Å². The molecule has 1 aliphatic rings. The summed E-state index contributed by atoms with van der Waals surface area (Å²) in [5, 5.41) is 0. The van der Waals surface area contributed by atoms with Crippen molar-refractivity contribution >= 4 is 33.4 Å². The molecule has 0 aromatic heterocycles. The highest BCUT2D eigenvalue weighted by Gasteiger charge is 2.21. The molecule has 0 bridgehead atoms. The molecule has 0 aliphatic carbocycles. The third kappa shape index (κ3) is 3.18. The van der Waals surface area contributed by atoms with E-state index in [0.717, 1.165) is 17.4 Å². The molecule has 1 aromatic carbocycles. The van der Waals surface area contributed by atoms with Crippen LogP contribution >= 0.6 is 27.7 Å². The van der Waals surface area contributed by atoms with E-state index in [4.69, 9.17) is 5.73 Å². The van der Waals surface area contributed by atoms with E-state index in [9.17, 15) is 0 Å². The lowest BCUT2D eigenvalue weighted by Crippen LogP contribution is -2.41. The summed E-state index contributed by atoms with van der Waals surface area (Å²) in [5.41, 5.74) is 8.43. The van der Waals surface area contributed by atoms with Crippen LogP contribution in [-0.4, -0.2) is 30.6 Å². The lowest BCUT2D eigenvalue weighted by Gasteiger charge is -2.36. The van der Waals surface area contributed by atoms with Crippen LogP contribution in [-0.2, 0) is 6.42 Å². The summed E-state index contributed by atoms with van der Waals surface area (Å²) in [6.45, 7) is 4.16. The average Bonchev–Trinajstić information content (AvgIpc) is 2.32. The molecule has 4 heteroatoms. The topological polar surface area (TPSA) is 29.3 Å². The molecule has 0 amide bonds. The Hall–Kier alpha value is -0.190. The number of hydrogen-bond acceptors (Lipinski definition) is 3. The summed E-state index contributed by atoms with van der Waals surface area (Å²) < 4.78 is 1.15. The van der Waals surface area contributed by atoms with Gasteiger partial charge >= 0.3 is 0 Å². The highest BCUT2D eigenvalue weighted by atomic mass is 79.9. The maximum Gasteiger partial charge on any atom is 0.0413 e. The minimum Gasteiger partial charge on any atom is -0.367 e. The van der Waals surface area contributed by atoms with E-state index in [1.54, 1.807) is 0 Å². The van der Waals surface area contributed by atoms with Crippen molar-refractivity contribution in [1.82, 2.24) is 0 Å². The minimum atomic E-state index is 0.611. The maximum absolute atomic E-state index is 5.70. The summed E-state index contributed by atoms with van der Waals surface area (Å²) in [5.74, 6) is 2.44. The molecule has 2 nitrogen and oxygen atoms in total. The second kappa shape index (κ2) is 6.12. The number of nitrogens with zero attached hydrogens (tertiary/aromatic N) is 1. The molecule has 1 atom stereocenters. The molecule has 0 saturated carbocycles. The Balaban J connectivity index is 2.30. The highest BCUT2D eigenvalue weighted by Crippen LogP contribution is 2.30. The normalized spacial score (nSPS) is 20.6. The van der Waals surface area contributed by atoms with Gasteiger partial charge in [0.2, 0.25) is 0 Å². The fourth-order valence-corrected chi connectivity index (χ4v) is 3.62. The standard InChI is InChI=1S/C13H19BrN2S/c1-10-9-17-7-6-16(10)13-8-12(14)3-2-11(13)4-5-15/h2-3,8,10H,4-7,9,15H2,1H3. The van der Waals surface area contributed by atoms with Crippen molar-refractivity contribution in [1.29, 1.82) is 0 Å². The number of thioether (sulfide) groups is 1. The van der Waals surface area contributed by atoms with Gasteiger partial charge in [0.05, 0.1) is 0 Å². The van der Waals surface area contributed by atoms with Gasteiger partial charge in [-0.05, 0) is 37.6 Å². The Bertz CT molecular complexity index is 384. The quantitative estimate of drug-likeness (QED) is 0.930. The zero-order valence-corrected chi connectivity index (χ0v) is 12.6. The Morgan fingerprint density at radius 1 is 1.53 bits per heavy atom. The number of halogens is 1. The molecule has 1 heterocycles. The second-order valence-electron chi connectivity index (χ2n) is 4.43. The number of rotatable bonds is 3. The summed E-state index contributed by atoms with van der Waals surface area (Å²) >= 11 is 5.62. The van der Waals surface area contributed by atoms with Gasteiger partial charge in [-0.15, -0.1) is 0 Å². The van der Waals surface area contributed by atoms with Crippen LogP contribution in [0.3, 0.4) is 0 Å². The number of benzene rings is 1. The molecule has 94 valence electrons. The molecule has 1 aliphatic heterocycles. The van der Waals surface area contributed by atoms with Crippen molar-refractivity contribution in [3.8, 4) is 0 Å². The molecule has 1 aromatic rings. The third-order valence-electron chi connectivity index (χ3n) is 3.14. The van der Waals surface area contributed by atoms with Crippen LogP contribution in [0.4, 0.5) is 5.69 Å². The molecule has 0 radical (unpaired) electrons. The minimum absolute atomic E-state index is 0.611. The van der Waals surface area contributed by atoms with Crippen molar-refractivity contribution in [3.63, 3.8) is 0 Å². The zero-order valence-electron chi connectivity index (χ0n) is 10.2. The summed E-state index contributed by atoms with van der Waals surface area (Å²) in [6, 6.07) is 7.15. The van der Waals surface area contributed by atoms with Gasteiger partial charge in [-0.25, -0.2) is 0 Å². The smallest absolute Gasteiger partial charge is 0.0413 e. The molecule has 0 spiro atoms. The molecule has 1 fully saturated rings. The van der Waals surface area contributed by atoms with E-state index in [0.29, 0.717) is 12.6 Å². The summed E-state index contributed by atoms with van der Waals surface area (Å²) in [4.78, 5) is 2.52. The van der Waals surface area contributed by atoms with Crippen molar-refractivity contribution in [2.75, 3.05) is 29.5 Å². The van der Waals surface area contributed by atoms with Gasteiger partial charge in [-0.2, -0.15) is 11.8 Å². The fourth-order valence-electron chi connectivity index (χ4n) is 2.26. The van der Waals surface area contributed by atoms with E-state index < -0.39 is 0 Å². The summed E-state index contributed by atoms with van der Waals surface area (Å²) in [7, 11) is 0. The maximum atomic E-state index is 5.70. The second-order valence-corrected chi connectivity index (χ2v) is 6.49. The van der Waals surface area contributed by atoms with E-state index in [1.807, 2.05) is 11.8 Å². The van der Waals surface area contributed by atoms with Crippen molar-refractivity contribution < 1.29 is 0 Å². The predicted octanol–water partition coefficient (Wildman–Crippen LogP) is 2.89. The molecular formula is C13H19BrN2S. The van der Waals surface area contributed by atoms with E-state index in [-0.39, 0.29) is 0 Å². The lowest BCUT2D eigenvalue weighted by molar-refractivity contribution is 0.695. The first-order valence-corrected chi connectivity index (χ1v) is 8.00. The number of hydrogen-bond donors (Lipinski definition) is 1. The Morgan fingerprint density at radius 2 is 2.35 bits per heavy atom. The van der Waals surface area contributed by atoms with Crippen molar-refractivity contribution in [2.45, 2.75) is 19.4 Å². The van der Waals surface area contributed by atoms with Gasteiger partial charge < -0.3 is 10.6 Å². The molecule has 1 unspecified atom stereocenters. The SMILES string of the molecule is CC1CSCCN1c1cc(Br)ccc1CCN. The first kappa shape index (κ1) is 13.2. The van der Waals surface area contributed by atoms with E-state index >= 15 is 0 Å². The van der Waals surface area contributed by atoms with Crippen molar-refractivity contribution in [2.24, 2.45) is 5.73 Å². The van der Waals surface area contributed by atoms with Crippen LogP contribution in [0, 0.1) is 0 Å². The third-order valence-corrected chi connectivity index (χ3v) is 4.82. The number of nitrogens with two attached hydrogens (primary N) is 1. The van der Waals surface area contributed by atoms with Gasteiger partial charge in [0.15, 0.2) is 0 Å². The largest absolute Gasteiger partial charge is 0.367 e. The monoisotopic (exact) mass is 314 g/mol. The first-order valence-electron chi connectivity index (χ1n) is 6.05. The average molecular weight is 315 g/mol. The molecule has 17 heavy (non-hydrogen) atoms. The van der Waals surface area contributed by atoms with Gasteiger partial charge in [0.25, 0.3) is 0 Å². The first-order chi connectivity index (χ1) is 8.22. The summed E-state index contributed by atoms with van der Waals surface area (Å²) in [6.07, 6.45) is 0.957. The van der Waals surface area contributed by atoms with E-state index in [2.05, 4.69) is 46.0 Å². The van der Waals surface area contributed by atoms with Crippen LogP contribution in [0.2, 0.25) is 0 Å². The predicted molar refractivity (Wildman–Crippen MR) is 81.0 cm³/mol.